The standard InChI is InChI=1S/C60H111NO5/c1-3-5-7-9-11-13-15-16-17-18-25-28-31-34-38-42-46-50-54-60(65)66-55-51-47-43-39-35-32-29-26-23-21-19-20-22-24-27-30-33-37-41-45-49-53-59(64)61-57(56-62)58(63)52-48-44-40-36-14-12-10-8-6-4-2/h17-18,32,35,43,47-48,52,57-58,62-63H,3-16,19-31,33-34,36-42,44-46,49-51,53-56H2,1-2H3,(H,61,64)/b18-17-,35-32-,47-43-,52-48+. The van der Waals surface area contributed by atoms with Gasteiger partial charge < -0.3 is 20.3 Å². The molecule has 0 heterocycles. The van der Waals surface area contributed by atoms with Crippen molar-refractivity contribution in [3.05, 3.63) is 48.6 Å². The maximum absolute atomic E-state index is 12.4. The van der Waals surface area contributed by atoms with Crippen molar-refractivity contribution in [1.29, 1.82) is 0 Å². The molecule has 1 amide bonds. The van der Waals surface area contributed by atoms with Crippen LogP contribution in [0.4, 0.5) is 0 Å². The van der Waals surface area contributed by atoms with Crippen molar-refractivity contribution in [3.63, 3.8) is 0 Å². The van der Waals surface area contributed by atoms with Crippen LogP contribution in [0.25, 0.3) is 0 Å². The van der Waals surface area contributed by atoms with Gasteiger partial charge in [0.2, 0.25) is 5.91 Å². The van der Waals surface area contributed by atoms with Gasteiger partial charge in [-0.1, -0.05) is 255 Å². The Hall–Kier alpha value is -2.18. The number of esters is 1. The molecule has 66 heavy (non-hydrogen) atoms. The van der Waals surface area contributed by atoms with Gasteiger partial charge in [0.1, 0.15) is 0 Å². The third kappa shape index (κ3) is 51.2. The first kappa shape index (κ1) is 63.8. The lowest BCUT2D eigenvalue weighted by molar-refractivity contribution is -0.143. The highest BCUT2D eigenvalue weighted by atomic mass is 16.5. The molecule has 0 radical (unpaired) electrons. The molecule has 2 atom stereocenters. The van der Waals surface area contributed by atoms with E-state index in [2.05, 4.69) is 55.6 Å². The second-order valence-corrected chi connectivity index (χ2v) is 19.6. The quantitative estimate of drug-likeness (QED) is 0.0321. The molecule has 0 saturated heterocycles. The largest absolute Gasteiger partial charge is 0.465 e. The summed E-state index contributed by atoms with van der Waals surface area (Å²) >= 11 is 0. The molecule has 6 nitrogen and oxygen atoms in total. The number of amides is 1. The Morgan fingerprint density at radius 3 is 1.17 bits per heavy atom. The van der Waals surface area contributed by atoms with E-state index in [1.807, 2.05) is 6.08 Å². The number of hydrogen-bond acceptors (Lipinski definition) is 5. The van der Waals surface area contributed by atoms with Crippen LogP contribution in [0.15, 0.2) is 48.6 Å². The maximum Gasteiger partial charge on any atom is 0.305 e. The maximum atomic E-state index is 12.4. The summed E-state index contributed by atoms with van der Waals surface area (Å²) in [6.45, 7) is 4.77. The van der Waals surface area contributed by atoms with Crippen molar-refractivity contribution in [1.82, 2.24) is 5.32 Å². The molecule has 0 aromatic heterocycles. The molecule has 0 aliphatic rings. The smallest absolute Gasteiger partial charge is 0.305 e. The third-order valence-electron chi connectivity index (χ3n) is 13.1. The lowest BCUT2D eigenvalue weighted by atomic mass is 10.0. The minimum atomic E-state index is -0.847. The number of carbonyl (C=O) groups excluding carboxylic acids is 2. The van der Waals surface area contributed by atoms with Crippen molar-refractivity contribution >= 4 is 11.9 Å². The first-order valence-corrected chi connectivity index (χ1v) is 28.9. The molecule has 0 aliphatic carbocycles. The fourth-order valence-electron chi connectivity index (χ4n) is 8.64. The summed E-state index contributed by atoms with van der Waals surface area (Å²) in [5.74, 6) is -0.115. The summed E-state index contributed by atoms with van der Waals surface area (Å²) in [5.41, 5.74) is 0. The van der Waals surface area contributed by atoms with Gasteiger partial charge in [0.25, 0.3) is 0 Å². The first-order valence-electron chi connectivity index (χ1n) is 28.9. The highest BCUT2D eigenvalue weighted by Crippen LogP contribution is 2.16. The van der Waals surface area contributed by atoms with Gasteiger partial charge in [0.15, 0.2) is 0 Å². The lowest BCUT2D eigenvalue weighted by Crippen LogP contribution is -2.45. The number of rotatable bonds is 53. The molecule has 0 rings (SSSR count). The third-order valence-corrected chi connectivity index (χ3v) is 13.1. The summed E-state index contributed by atoms with van der Waals surface area (Å²) in [7, 11) is 0. The predicted molar refractivity (Wildman–Crippen MR) is 287 cm³/mol. The molecular formula is C60H111NO5. The van der Waals surface area contributed by atoms with E-state index in [0.717, 1.165) is 51.4 Å². The normalized spacial score (nSPS) is 13.0. The van der Waals surface area contributed by atoms with E-state index in [-0.39, 0.29) is 18.5 Å². The van der Waals surface area contributed by atoms with Gasteiger partial charge >= 0.3 is 5.97 Å². The van der Waals surface area contributed by atoms with Crippen molar-refractivity contribution < 1.29 is 24.5 Å². The highest BCUT2D eigenvalue weighted by Gasteiger charge is 2.18. The van der Waals surface area contributed by atoms with E-state index in [1.54, 1.807) is 6.08 Å². The molecule has 0 aromatic rings. The Balaban J connectivity index is 3.45. The number of ether oxygens (including phenoxy) is 1. The van der Waals surface area contributed by atoms with E-state index in [0.29, 0.717) is 19.4 Å². The number of carbonyl (C=O) groups is 2. The molecule has 2 unspecified atom stereocenters. The number of hydrogen-bond donors (Lipinski definition) is 3. The zero-order valence-electron chi connectivity index (χ0n) is 43.9. The van der Waals surface area contributed by atoms with Crippen LogP contribution in [0, 0.1) is 0 Å². The van der Waals surface area contributed by atoms with Crippen LogP contribution < -0.4 is 5.32 Å². The fraction of sp³-hybridized carbons (Fsp3) is 0.833. The number of nitrogens with one attached hydrogen (secondary N) is 1. The molecule has 0 saturated carbocycles. The van der Waals surface area contributed by atoms with Gasteiger partial charge in [0.05, 0.1) is 25.4 Å². The van der Waals surface area contributed by atoms with Gasteiger partial charge in [-0.2, -0.15) is 0 Å². The summed E-state index contributed by atoms with van der Waals surface area (Å²) in [5, 5.41) is 23.0. The topological polar surface area (TPSA) is 95.9 Å². The SMILES string of the molecule is CCCCCCCCC/C=C\CCCCCCCCCC(=O)OCC/C=C\C/C=C\CCCCCCCCCCCCCCCCC(=O)NC(CO)C(O)/C=C/CCCCCCCCCC. The molecule has 6 heteroatoms. The number of unbranched alkanes of at least 4 members (excludes halogenated alkanes) is 36. The van der Waals surface area contributed by atoms with Crippen LogP contribution in [0.2, 0.25) is 0 Å². The monoisotopic (exact) mass is 926 g/mol. The lowest BCUT2D eigenvalue weighted by Gasteiger charge is -2.20. The van der Waals surface area contributed by atoms with E-state index in [4.69, 9.17) is 4.74 Å². The Morgan fingerprint density at radius 2 is 0.758 bits per heavy atom. The van der Waals surface area contributed by atoms with Crippen LogP contribution in [0.1, 0.15) is 296 Å². The molecule has 0 spiro atoms. The average Bonchev–Trinajstić information content (AvgIpc) is 3.32. The van der Waals surface area contributed by atoms with E-state index >= 15 is 0 Å². The van der Waals surface area contributed by atoms with Crippen molar-refractivity contribution in [3.8, 4) is 0 Å². The molecule has 0 aliphatic heterocycles. The van der Waals surface area contributed by atoms with E-state index < -0.39 is 12.1 Å². The minimum absolute atomic E-state index is 0.0394. The highest BCUT2D eigenvalue weighted by molar-refractivity contribution is 5.76. The molecule has 3 N–H and O–H groups in total. The van der Waals surface area contributed by atoms with Gasteiger partial charge in [-0.3, -0.25) is 9.59 Å². The summed E-state index contributed by atoms with van der Waals surface area (Å²) in [4.78, 5) is 24.4. The van der Waals surface area contributed by atoms with Crippen LogP contribution in [-0.2, 0) is 14.3 Å². The van der Waals surface area contributed by atoms with Crippen LogP contribution in [0.5, 0.6) is 0 Å². The van der Waals surface area contributed by atoms with Gasteiger partial charge in [0, 0.05) is 12.8 Å². The fourth-order valence-corrected chi connectivity index (χ4v) is 8.64. The van der Waals surface area contributed by atoms with E-state index in [1.165, 1.54) is 218 Å². The summed E-state index contributed by atoms with van der Waals surface area (Å²) in [6.07, 6.45) is 70.2. The number of allylic oxidation sites excluding steroid dienone is 6. The van der Waals surface area contributed by atoms with Crippen molar-refractivity contribution in [2.45, 2.75) is 309 Å². The molecule has 0 bridgehead atoms. The molecule has 0 aromatic carbocycles. The minimum Gasteiger partial charge on any atom is -0.465 e. The Morgan fingerprint density at radius 1 is 0.424 bits per heavy atom. The molecule has 386 valence electrons. The van der Waals surface area contributed by atoms with Crippen LogP contribution >= 0.6 is 0 Å². The van der Waals surface area contributed by atoms with Gasteiger partial charge in [-0.05, 0) is 77.0 Å². The first-order chi connectivity index (χ1) is 32.5. The average molecular weight is 927 g/mol. The Labute approximate surface area is 410 Å². The summed E-state index contributed by atoms with van der Waals surface area (Å²) < 4.78 is 5.42. The predicted octanol–water partition coefficient (Wildman–Crippen LogP) is 17.8. The van der Waals surface area contributed by atoms with Crippen LogP contribution in [0.3, 0.4) is 0 Å². The van der Waals surface area contributed by atoms with Gasteiger partial charge in [-0.25, -0.2) is 0 Å². The van der Waals surface area contributed by atoms with Gasteiger partial charge in [-0.15, -0.1) is 0 Å². The zero-order chi connectivity index (χ0) is 47.9. The van der Waals surface area contributed by atoms with Crippen LogP contribution in [-0.4, -0.2) is 47.4 Å². The molecule has 0 fully saturated rings. The van der Waals surface area contributed by atoms with E-state index in [9.17, 15) is 19.8 Å². The second-order valence-electron chi connectivity index (χ2n) is 19.6. The Bertz CT molecular complexity index is 1110. The zero-order valence-corrected chi connectivity index (χ0v) is 43.9. The van der Waals surface area contributed by atoms with Crippen molar-refractivity contribution in [2.24, 2.45) is 0 Å². The second kappa shape index (κ2) is 55.4. The number of aliphatic hydroxyl groups excluding tert-OH is 2. The Kier molecular flexibility index (Phi) is 53.6. The molecular weight excluding hydrogens is 815 g/mol. The summed E-state index contributed by atoms with van der Waals surface area (Å²) in [6, 6.07) is -0.631. The van der Waals surface area contributed by atoms with Crippen molar-refractivity contribution in [2.75, 3.05) is 13.2 Å². The number of aliphatic hydroxyl groups is 2.